The van der Waals surface area contributed by atoms with Crippen LogP contribution in [0.2, 0.25) is 0 Å². The van der Waals surface area contributed by atoms with Gasteiger partial charge in [-0.3, -0.25) is 4.55 Å². The van der Waals surface area contributed by atoms with Crippen molar-refractivity contribution in [2.24, 2.45) is 0 Å². The van der Waals surface area contributed by atoms with E-state index < -0.39 is 41.2 Å². The summed E-state index contributed by atoms with van der Waals surface area (Å²) in [5.41, 5.74) is -12.4. The van der Waals surface area contributed by atoms with Gasteiger partial charge < -0.3 is 4.13 Å². The van der Waals surface area contributed by atoms with Crippen molar-refractivity contribution in [1.82, 2.24) is 4.57 Å². The molecule has 1 aromatic heterocycles. The summed E-state index contributed by atoms with van der Waals surface area (Å²) >= 11 is 0. The van der Waals surface area contributed by atoms with E-state index in [-0.39, 0.29) is 5.75 Å². The van der Waals surface area contributed by atoms with E-state index in [1.165, 1.54) is 0 Å². The maximum absolute atomic E-state index is 11.4. The minimum atomic E-state index is -6.72. The Morgan fingerprint density at radius 1 is 0.935 bits per heavy atom. The van der Waals surface area contributed by atoms with Crippen LogP contribution < -0.4 is 4.57 Å². The van der Waals surface area contributed by atoms with Gasteiger partial charge in [0.25, 0.3) is 10.1 Å². The van der Waals surface area contributed by atoms with Crippen LogP contribution in [0.25, 0.3) is 4.13 Å². The Morgan fingerprint density at radius 3 is 1.81 bits per heavy atom. The van der Waals surface area contributed by atoms with Crippen molar-refractivity contribution >= 4 is 30.2 Å². The molecule has 0 aromatic carbocycles. The lowest BCUT2D eigenvalue weighted by molar-refractivity contribution is -0.696. The normalized spacial score (nSPS) is 13.5. The maximum Gasteiger partial charge on any atom is 0.480 e. The zero-order chi connectivity index (χ0) is 24.7. The fourth-order valence-electron chi connectivity index (χ4n) is 1.69. The molecule has 0 atom stereocenters. The Labute approximate surface area is 174 Å². The van der Waals surface area contributed by atoms with Crippen molar-refractivity contribution in [2.75, 3.05) is 5.75 Å². The average molecular weight is 527 g/mol. The highest BCUT2D eigenvalue weighted by Gasteiger charge is 2.46. The van der Waals surface area contributed by atoms with Crippen molar-refractivity contribution in [2.45, 2.75) is 50.3 Å². The lowest BCUT2D eigenvalue weighted by Gasteiger charge is -2.22. The van der Waals surface area contributed by atoms with E-state index >= 15 is 0 Å². The molecule has 1 N–H and O–H groups in total. The third-order valence-corrected chi connectivity index (χ3v) is 6.66. The van der Waals surface area contributed by atoms with Gasteiger partial charge in [0.15, 0.2) is 20.0 Å². The highest BCUT2D eigenvalue weighted by atomic mass is 32.3. The SMILES string of the molecule is CCCCn1cc[n+](CCCS(=O)(=O)O)c1.O=S(=O)([N-]S(=O)(=O)C(F)(F)F)C(F)(F)F. The second-order valence-corrected chi connectivity index (χ2v) is 10.8. The maximum atomic E-state index is 11.4. The summed E-state index contributed by atoms with van der Waals surface area (Å²) in [6, 6.07) is 0. The summed E-state index contributed by atoms with van der Waals surface area (Å²) in [4.78, 5) is 0. The molecule has 1 aromatic rings. The van der Waals surface area contributed by atoms with Gasteiger partial charge in [-0.2, -0.15) is 34.8 Å². The van der Waals surface area contributed by atoms with Gasteiger partial charge >= 0.3 is 11.0 Å². The number of hydrogen-bond acceptors (Lipinski definition) is 6. The first-order valence-electron chi connectivity index (χ1n) is 8.08. The van der Waals surface area contributed by atoms with E-state index in [4.69, 9.17) is 4.55 Å². The van der Waals surface area contributed by atoms with Gasteiger partial charge in [-0.1, -0.05) is 13.3 Å². The predicted molar refractivity (Wildman–Crippen MR) is 93.9 cm³/mol. The van der Waals surface area contributed by atoms with Crippen LogP contribution in [-0.2, 0) is 43.3 Å². The van der Waals surface area contributed by atoms with Gasteiger partial charge in [-0.25, -0.2) is 26.0 Å². The van der Waals surface area contributed by atoms with Crippen molar-refractivity contribution in [1.29, 1.82) is 0 Å². The van der Waals surface area contributed by atoms with Gasteiger partial charge in [0.05, 0.1) is 18.8 Å². The fourth-order valence-corrected chi connectivity index (χ4v) is 3.89. The molecule has 0 aliphatic heterocycles. The summed E-state index contributed by atoms with van der Waals surface area (Å²) in [6.45, 7) is 3.74. The zero-order valence-corrected chi connectivity index (χ0v) is 18.2. The Hall–Kier alpha value is -1.44. The van der Waals surface area contributed by atoms with E-state index in [9.17, 15) is 51.6 Å². The van der Waals surface area contributed by atoms with Gasteiger partial charge in [0, 0.05) is 6.42 Å². The molecular weight excluding hydrogens is 508 g/mol. The molecular formula is C12H19F6N3O7S3. The van der Waals surface area contributed by atoms with Gasteiger partial charge in [-0.15, -0.1) is 0 Å². The van der Waals surface area contributed by atoms with Crippen LogP contribution in [0.4, 0.5) is 26.3 Å². The summed E-state index contributed by atoms with van der Waals surface area (Å²) < 4.78 is 143. The minimum Gasteiger partial charge on any atom is -0.421 e. The van der Waals surface area contributed by atoms with Crippen LogP contribution in [0.15, 0.2) is 18.7 Å². The molecule has 1 heterocycles. The Balaban J connectivity index is 0.000000582. The largest absolute Gasteiger partial charge is 0.480 e. The number of rotatable bonds is 9. The lowest BCUT2D eigenvalue weighted by Crippen LogP contribution is -2.32. The molecule has 0 saturated carbocycles. The number of hydrogen-bond donors (Lipinski definition) is 1. The highest BCUT2D eigenvalue weighted by Crippen LogP contribution is 2.36. The summed E-state index contributed by atoms with van der Waals surface area (Å²) in [6.07, 6.45) is 8.57. The van der Waals surface area contributed by atoms with Crippen LogP contribution in [0, 0.1) is 0 Å². The van der Waals surface area contributed by atoms with Crippen LogP contribution >= 0.6 is 0 Å². The first-order valence-corrected chi connectivity index (χ1v) is 12.6. The monoisotopic (exact) mass is 527 g/mol. The van der Waals surface area contributed by atoms with Crippen LogP contribution in [0.5, 0.6) is 0 Å². The Bertz CT molecular complexity index is 973. The Morgan fingerprint density at radius 2 is 1.42 bits per heavy atom. The fraction of sp³-hybridized carbons (Fsp3) is 0.750. The number of halogens is 6. The molecule has 0 unspecified atom stereocenters. The van der Waals surface area contributed by atoms with Crippen LogP contribution in [-0.4, -0.2) is 51.1 Å². The van der Waals surface area contributed by atoms with E-state index in [2.05, 4.69) is 11.5 Å². The lowest BCUT2D eigenvalue weighted by atomic mass is 10.3. The summed E-state index contributed by atoms with van der Waals surface area (Å²) in [5.74, 6) is -0.180. The molecule has 0 bridgehead atoms. The van der Waals surface area contributed by atoms with Crippen molar-refractivity contribution in [3.05, 3.63) is 22.8 Å². The first-order chi connectivity index (χ1) is 13.7. The number of alkyl halides is 6. The molecule has 0 radical (unpaired) electrons. The number of aryl methyl sites for hydroxylation is 2. The second-order valence-electron chi connectivity index (χ2n) is 5.80. The molecule has 184 valence electrons. The first kappa shape index (κ1) is 29.6. The third kappa shape index (κ3) is 11.1. The molecule has 0 spiro atoms. The van der Waals surface area contributed by atoms with Crippen molar-refractivity contribution < 1.29 is 60.7 Å². The molecule has 31 heavy (non-hydrogen) atoms. The molecule has 0 amide bonds. The second kappa shape index (κ2) is 10.9. The van der Waals surface area contributed by atoms with Gasteiger partial charge in [0.1, 0.15) is 12.4 Å². The van der Waals surface area contributed by atoms with E-state index in [0.29, 0.717) is 13.0 Å². The quantitative estimate of drug-likeness (QED) is 0.293. The van der Waals surface area contributed by atoms with E-state index in [1.807, 2.05) is 23.3 Å². The van der Waals surface area contributed by atoms with Crippen molar-refractivity contribution in [3.8, 4) is 0 Å². The van der Waals surface area contributed by atoms with E-state index in [1.54, 1.807) is 0 Å². The molecule has 1 rings (SSSR count). The molecule has 0 aliphatic rings. The van der Waals surface area contributed by atoms with Crippen LogP contribution in [0.3, 0.4) is 0 Å². The van der Waals surface area contributed by atoms with Crippen molar-refractivity contribution in [3.63, 3.8) is 0 Å². The van der Waals surface area contributed by atoms with Gasteiger partial charge in [0.2, 0.25) is 6.33 Å². The number of imidazole rings is 1. The topological polar surface area (TPSA) is 146 Å². The average Bonchev–Trinajstić information content (AvgIpc) is 2.97. The number of nitrogens with zero attached hydrogens (tertiary/aromatic N) is 3. The van der Waals surface area contributed by atoms with Gasteiger partial charge in [-0.05, 0) is 6.42 Å². The molecule has 0 fully saturated rings. The number of unbranched alkanes of at least 4 members (excludes halogenated alkanes) is 1. The molecule has 0 saturated heterocycles. The summed E-state index contributed by atoms with van der Waals surface area (Å²) in [7, 11) is -17.3. The standard InChI is InChI=1S/C10H18N2O3S.C2F6NO4S2/c1-2-3-5-11-7-8-12(10-11)6-4-9-16(13,14)15;3-1(4,5)14(10,11)9-15(12,13)2(6,7)8/h7-8,10H,2-6,9H2,1H3;/q;-1/p+1. The molecule has 19 heteroatoms. The molecule has 10 nitrogen and oxygen atoms in total. The zero-order valence-electron chi connectivity index (χ0n) is 15.7. The van der Waals surface area contributed by atoms with Crippen LogP contribution in [0.1, 0.15) is 26.2 Å². The molecule has 0 aliphatic carbocycles. The van der Waals surface area contributed by atoms with E-state index in [0.717, 1.165) is 23.5 Å². The predicted octanol–water partition coefficient (Wildman–Crippen LogP) is 1.91. The highest BCUT2D eigenvalue weighted by molar-refractivity contribution is 8.13. The third-order valence-electron chi connectivity index (χ3n) is 3.12. The minimum absolute atomic E-state index is 0.180. The number of aromatic nitrogens is 2. The number of sulfonamides is 2. The summed E-state index contributed by atoms with van der Waals surface area (Å²) in [5, 5.41) is 0. The Kier molecular flexibility index (Phi) is 10.4. The smallest absolute Gasteiger partial charge is 0.421 e.